The van der Waals surface area contributed by atoms with Crippen LogP contribution in [0, 0.1) is 0 Å². The molecule has 0 radical (unpaired) electrons. The Hall–Kier alpha value is -4.00. The van der Waals surface area contributed by atoms with Gasteiger partial charge in [-0.2, -0.15) is 0 Å². The highest BCUT2D eigenvalue weighted by atomic mass is 28.4. The predicted molar refractivity (Wildman–Crippen MR) is 182 cm³/mol. The number of nitrogens with zero attached hydrogens (tertiary/aromatic N) is 1. The number of H-pyrrole nitrogens is 1. The predicted octanol–water partition coefficient (Wildman–Crippen LogP) is 5.21. The largest absolute Gasteiger partial charge is 0.497 e. The Labute approximate surface area is 276 Å². The van der Waals surface area contributed by atoms with E-state index in [9.17, 15) is 14.7 Å². The lowest BCUT2D eigenvalue weighted by atomic mass is 9.80. The molecule has 2 heterocycles. The van der Waals surface area contributed by atoms with E-state index in [4.69, 9.17) is 23.4 Å². The number of aliphatic hydroxyl groups excluding tert-OH is 1. The van der Waals surface area contributed by atoms with Gasteiger partial charge in [0.05, 0.1) is 20.8 Å². The summed E-state index contributed by atoms with van der Waals surface area (Å²) < 4.78 is 32.4. The number of benzene rings is 3. The van der Waals surface area contributed by atoms with E-state index < -0.39 is 49.7 Å². The molecule has 11 heteroatoms. The smallest absolute Gasteiger partial charge is 0.330 e. The quantitative estimate of drug-likeness (QED) is 0.166. The van der Waals surface area contributed by atoms with Crippen molar-refractivity contribution in [1.82, 2.24) is 9.55 Å². The fourth-order valence-electron chi connectivity index (χ4n) is 5.63. The van der Waals surface area contributed by atoms with Crippen LogP contribution in [0.1, 0.15) is 43.7 Å². The molecule has 3 aromatic carbocycles. The molecule has 5 rings (SSSR count). The van der Waals surface area contributed by atoms with Crippen LogP contribution in [0.4, 0.5) is 0 Å². The van der Waals surface area contributed by atoms with Gasteiger partial charge in [0.15, 0.2) is 14.5 Å². The molecule has 10 nitrogen and oxygen atoms in total. The minimum Gasteiger partial charge on any atom is -0.497 e. The fraction of sp³-hybridized carbons (Fsp3) is 0.389. The number of aliphatic hydroxyl groups is 1. The molecular weight excluding hydrogens is 616 g/mol. The lowest BCUT2D eigenvalue weighted by Crippen LogP contribution is -2.50. The van der Waals surface area contributed by atoms with Gasteiger partial charge in [0.2, 0.25) is 0 Å². The maximum Gasteiger partial charge on any atom is 0.330 e. The molecule has 0 spiro atoms. The van der Waals surface area contributed by atoms with Gasteiger partial charge in [0.1, 0.15) is 35.4 Å². The molecule has 0 saturated carbocycles. The summed E-state index contributed by atoms with van der Waals surface area (Å²) in [5, 5.41) is 11.7. The minimum absolute atomic E-state index is 0.0694. The van der Waals surface area contributed by atoms with E-state index >= 15 is 0 Å². The normalized spacial score (nSPS) is 20.3. The molecule has 47 heavy (non-hydrogen) atoms. The van der Waals surface area contributed by atoms with Crippen molar-refractivity contribution in [2.45, 2.75) is 69.0 Å². The van der Waals surface area contributed by atoms with Crippen molar-refractivity contribution < 1.29 is 28.5 Å². The van der Waals surface area contributed by atoms with E-state index in [0.29, 0.717) is 11.5 Å². The van der Waals surface area contributed by atoms with Gasteiger partial charge in [-0.25, -0.2) is 4.79 Å². The number of aromatic amines is 1. The van der Waals surface area contributed by atoms with Crippen LogP contribution in [0.3, 0.4) is 0 Å². The number of nitrogens with one attached hydrogen (secondary N) is 1. The van der Waals surface area contributed by atoms with Crippen LogP contribution in [0.5, 0.6) is 11.5 Å². The first-order valence-electron chi connectivity index (χ1n) is 15.6. The summed E-state index contributed by atoms with van der Waals surface area (Å²) in [7, 11) is 0.760. The minimum atomic E-state index is -2.47. The number of aromatic nitrogens is 2. The third kappa shape index (κ3) is 6.86. The van der Waals surface area contributed by atoms with Crippen LogP contribution in [-0.4, -0.2) is 62.1 Å². The summed E-state index contributed by atoms with van der Waals surface area (Å²) in [6.45, 7) is 10.4. The first kappa shape index (κ1) is 34.3. The van der Waals surface area contributed by atoms with Gasteiger partial charge in [-0.05, 0) is 59.1 Å². The lowest BCUT2D eigenvalue weighted by Gasteiger charge is -2.40. The summed E-state index contributed by atoms with van der Waals surface area (Å²) in [4.78, 5) is 27.2. The van der Waals surface area contributed by atoms with Gasteiger partial charge >= 0.3 is 5.69 Å². The maximum atomic E-state index is 13.0. The average Bonchev–Trinajstić information content (AvgIpc) is 3.35. The van der Waals surface area contributed by atoms with Crippen molar-refractivity contribution in [1.29, 1.82) is 0 Å². The van der Waals surface area contributed by atoms with Gasteiger partial charge in [0.25, 0.3) is 5.56 Å². The molecule has 1 aliphatic rings. The summed E-state index contributed by atoms with van der Waals surface area (Å²) >= 11 is 0. The SMILES string of the molecule is COc1ccc(C(OC[C@@H]2O[C@H](n3ccc(=O)[nH]c3=O)C(O[Si](C)(C)C(C)(C)C)C2O)(c2ccccc2)c2ccc(OC)cc2)cc1. The van der Waals surface area contributed by atoms with Gasteiger partial charge in [-0.1, -0.05) is 75.4 Å². The van der Waals surface area contributed by atoms with Gasteiger partial charge in [-0.3, -0.25) is 14.3 Å². The van der Waals surface area contributed by atoms with E-state index in [-0.39, 0.29) is 11.6 Å². The molecule has 1 aromatic heterocycles. The van der Waals surface area contributed by atoms with Crippen molar-refractivity contribution >= 4 is 8.32 Å². The average molecular weight is 661 g/mol. The Morgan fingerprint density at radius 3 is 1.85 bits per heavy atom. The molecule has 2 unspecified atom stereocenters. The highest BCUT2D eigenvalue weighted by Crippen LogP contribution is 2.44. The van der Waals surface area contributed by atoms with Crippen molar-refractivity contribution in [2.24, 2.45) is 0 Å². The first-order chi connectivity index (χ1) is 22.3. The molecule has 250 valence electrons. The van der Waals surface area contributed by atoms with Crippen LogP contribution in [0.2, 0.25) is 18.1 Å². The highest BCUT2D eigenvalue weighted by molar-refractivity contribution is 6.74. The van der Waals surface area contributed by atoms with Crippen LogP contribution < -0.4 is 20.7 Å². The Bertz CT molecular complexity index is 1700. The lowest BCUT2D eigenvalue weighted by molar-refractivity contribution is -0.0956. The van der Waals surface area contributed by atoms with Crippen LogP contribution in [0.25, 0.3) is 0 Å². The van der Waals surface area contributed by atoms with Crippen LogP contribution >= 0.6 is 0 Å². The molecule has 1 saturated heterocycles. The number of hydrogen-bond acceptors (Lipinski definition) is 8. The third-order valence-electron chi connectivity index (χ3n) is 9.31. The molecule has 0 aliphatic carbocycles. The Kier molecular flexibility index (Phi) is 9.95. The Balaban J connectivity index is 1.59. The standard InChI is InChI=1S/C36H44N2O8Si/c1-35(2,3)47(6,7)46-32-31(40)29(45-33(32)38-22-21-30(39)37-34(38)41)23-44-36(24-11-9-8-10-12-24,25-13-17-27(42-4)18-14-25)26-15-19-28(43-5)20-16-26/h8-22,29,31-33,40H,23H2,1-7H3,(H,37,39,41)/t29-,31?,32?,33-/m0/s1. The van der Waals surface area contributed by atoms with E-state index in [2.05, 4.69) is 38.8 Å². The molecule has 1 fully saturated rings. The number of ether oxygens (including phenoxy) is 4. The van der Waals surface area contributed by atoms with Crippen LogP contribution in [-0.2, 0) is 19.5 Å². The molecule has 4 atom stereocenters. The molecule has 0 amide bonds. The summed E-state index contributed by atoms with van der Waals surface area (Å²) in [5.41, 5.74) is 0.166. The summed E-state index contributed by atoms with van der Waals surface area (Å²) in [6.07, 6.45) is -2.60. The zero-order chi connectivity index (χ0) is 34.0. The molecule has 0 bridgehead atoms. The second-order valence-electron chi connectivity index (χ2n) is 13.2. The summed E-state index contributed by atoms with van der Waals surface area (Å²) in [6, 6.07) is 26.4. The Morgan fingerprint density at radius 1 is 0.830 bits per heavy atom. The van der Waals surface area contributed by atoms with E-state index in [1.165, 1.54) is 16.8 Å². The zero-order valence-corrected chi connectivity index (χ0v) is 28.9. The number of hydrogen-bond donors (Lipinski definition) is 2. The maximum absolute atomic E-state index is 13.0. The monoisotopic (exact) mass is 660 g/mol. The van der Waals surface area contributed by atoms with E-state index in [1.54, 1.807) is 14.2 Å². The fourth-order valence-corrected chi connectivity index (χ4v) is 6.92. The van der Waals surface area contributed by atoms with Crippen molar-refractivity contribution in [2.75, 3.05) is 20.8 Å². The second-order valence-corrected chi connectivity index (χ2v) is 18.0. The van der Waals surface area contributed by atoms with Gasteiger partial charge < -0.3 is 28.5 Å². The summed E-state index contributed by atoms with van der Waals surface area (Å²) in [5.74, 6) is 1.39. The molecule has 1 aliphatic heterocycles. The van der Waals surface area contributed by atoms with Gasteiger partial charge in [-0.15, -0.1) is 0 Å². The van der Waals surface area contributed by atoms with E-state index in [1.807, 2.05) is 78.9 Å². The zero-order valence-electron chi connectivity index (χ0n) is 27.9. The van der Waals surface area contributed by atoms with Crippen molar-refractivity contribution in [3.8, 4) is 11.5 Å². The number of rotatable bonds is 11. The number of methoxy groups -OCH3 is 2. The highest BCUT2D eigenvalue weighted by Gasteiger charge is 2.51. The topological polar surface area (TPSA) is 121 Å². The van der Waals surface area contributed by atoms with Crippen molar-refractivity contribution in [3.05, 3.63) is 129 Å². The molecule has 2 N–H and O–H groups in total. The second kappa shape index (κ2) is 13.6. The first-order valence-corrected chi connectivity index (χ1v) is 18.5. The third-order valence-corrected chi connectivity index (χ3v) is 13.8. The van der Waals surface area contributed by atoms with Crippen molar-refractivity contribution in [3.63, 3.8) is 0 Å². The Morgan fingerprint density at radius 2 is 1.36 bits per heavy atom. The molecule has 4 aromatic rings. The van der Waals surface area contributed by atoms with Gasteiger partial charge in [0, 0.05) is 12.3 Å². The van der Waals surface area contributed by atoms with E-state index in [0.717, 1.165) is 16.7 Å². The van der Waals surface area contributed by atoms with Crippen LogP contribution in [0.15, 0.2) is 101 Å². The molecular formula is C36H44N2O8Si.